The summed E-state index contributed by atoms with van der Waals surface area (Å²) >= 11 is 0. The highest BCUT2D eigenvalue weighted by Crippen LogP contribution is 2.43. The molecular formula is C21H21N3O3. The first-order valence-corrected chi connectivity index (χ1v) is 9.01. The Morgan fingerprint density at radius 3 is 2.56 bits per heavy atom. The second-order valence-corrected chi connectivity index (χ2v) is 7.27. The molecule has 0 bridgehead atoms. The number of benzene rings is 2. The van der Waals surface area contributed by atoms with Gasteiger partial charge < -0.3 is 10.2 Å². The molecule has 138 valence electrons. The van der Waals surface area contributed by atoms with Crippen LogP contribution >= 0.6 is 0 Å². The van der Waals surface area contributed by atoms with Crippen LogP contribution in [0.4, 0.5) is 11.4 Å². The zero-order valence-electron chi connectivity index (χ0n) is 15.4. The van der Waals surface area contributed by atoms with Gasteiger partial charge in [0.2, 0.25) is 11.8 Å². The number of hydrogen-bond donors (Lipinski definition) is 1. The molecule has 4 rings (SSSR count). The molecular weight excluding hydrogens is 342 g/mol. The topological polar surface area (TPSA) is 69.7 Å². The highest BCUT2D eigenvalue weighted by atomic mass is 16.2. The van der Waals surface area contributed by atoms with Crippen molar-refractivity contribution in [3.63, 3.8) is 0 Å². The van der Waals surface area contributed by atoms with Crippen LogP contribution in [0.5, 0.6) is 0 Å². The maximum absolute atomic E-state index is 13.1. The van der Waals surface area contributed by atoms with Gasteiger partial charge in [-0.25, -0.2) is 0 Å². The third kappa shape index (κ3) is 2.77. The van der Waals surface area contributed by atoms with E-state index in [-0.39, 0.29) is 24.3 Å². The highest BCUT2D eigenvalue weighted by molar-refractivity contribution is 6.11. The third-order valence-electron chi connectivity index (χ3n) is 5.38. The lowest BCUT2D eigenvalue weighted by Crippen LogP contribution is -2.63. The number of nitrogens with one attached hydrogen (secondary N) is 1. The molecule has 2 aliphatic rings. The number of rotatable bonds is 3. The summed E-state index contributed by atoms with van der Waals surface area (Å²) in [5.74, 6) is -0.536. The van der Waals surface area contributed by atoms with Crippen molar-refractivity contribution in [2.75, 3.05) is 16.8 Å². The molecule has 1 unspecified atom stereocenters. The minimum Gasteiger partial charge on any atom is -0.325 e. The van der Waals surface area contributed by atoms with Crippen molar-refractivity contribution in [1.29, 1.82) is 0 Å². The van der Waals surface area contributed by atoms with Crippen molar-refractivity contribution < 1.29 is 14.4 Å². The van der Waals surface area contributed by atoms with Crippen molar-refractivity contribution in [3.05, 3.63) is 59.7 Å². The fourth-order valence-corrected chi connectivity index (χ4v) is 3.92. The molecule has 2 heterocycles. The fraction of sp³-hybridized carbons (Fsp3) is 0.286. The van der Waals surface area contributed by atoms with Gasteiger partial charge in [-0.2, -0.15) is 0 Å². The van der Waals surface area contributed by atoms with Crippen molar-refractivity contribution in [2.45, 2.75) is 32.4 Å². The van der Waals surface area contributed by atoms with Gasteiger partial charge in [-0.1, -0.05) is 29.8 Å². The Morgan fingerprint density at radius 2 is 1.81 bits per heavy atom. The molecule has 2 aliphatic heterocycles. The van der Waals surface area contributed by atoms with E-state index in [0.717, 1.165) is 5.56 Å². The van der Waals surface area contributed by atoms with E-state index in [0.29, 0.717) is 29.8 Å². The van der Waals surface area contributed by atoms with E-state index < -0.39 is 5.66 Å². The maximum atomic E-state index is 13.1. The molecule has 6 heteroatoms. The molecule has 3 amide bonds. The predicted molar refractivity (Wildman–Crippen MR) is 102 cm³/mol. The van der Waals surface area contributed by atoms with Gasteiger partial charge in [0.25, 0.3) is 5.91 Å². The number of aryl methyl sites for hydroxylation is 1. The van der Waals surface area contributed by atoms with Gasteiger partial charge >= 0.3 is 0 Å². The van der Waals surface area contributed by atoms with Crippen LogP contribution < -0.4 is 10.2 Å². The summed E-state index contributed by atoms with van der Waals surface area (Å²) in [5.41, 5.74) is 2.03. The molecule has 2 aromatic rings. The molecule has 27 heavy (non-hydrogen) atoms. The van der Waals surface area contributed by atoms with E-state index in [1.54, 1.807) is 23.1 Å². The van der Waals surface area contributed by atoms with Crippen molar-refractivity contribution in [3.8, 4) is 0 Å². The van der Waals surface area contributed by atoms with Crippen LogP contribution in [0.25, 0.3) is 0 Å². The molecule has 1 N–H and O–H groups in total. The third-order valence-corrected chi connectivity index (χ3v) is 5.38. The predicted octanol–water partition coefficient (Wildman–Crippen LogP) is 2.93. The zero-order valence-corrected chi connectivity index (χ0v) is 15.4. The summed E-state index contributed by atoms with van der Waals surface area (Å²) < 4.78 is 0. The van der Waals surface area contributed by atoms with Crippen LogP contribution in [0, 0.1) is 6.92 Å². The van der Waals surface area contributed by atoms with Crippen LogP contribution in [0.2, 0.25) is 0 Å². The van der Waals surface area contributed by atoms with Gasteiger partial charge in [0.1, 0.15) is 12.2 Å². The number of nitrogens with zero attached hydrogens (tertiary/aromatic N) is 2. The van der Waals surface area contributed by atoms with Crippen LogP contribution in [0.15, 0.2) is 48.5 Å². The first kappa shape index (κ1) is 17.3. The van der Waals surface area contributed by atoms with Gasteiger partial charge in [-0.15, -0.1) is 0 Å². The SMILES string of the molecule is Cc1ccc(NC(=O)CN2C(=O)c3ccccc3N3C(=O)CCC23C)cc1. The van der Waals surface area contributed by atoms with E-state index in [1.807, 2.05) is 44.2 Å². The van der Waals surface area contributed by atoms with Gasteiger partial charge in [0, 0.05) is 12.1 Å². The number of carbonyl (C=O) groups excluding carboxylic acids is 3. The van der Waals surface area contributed by atoms with Crippen LogP contribution in [0.3, 0.4) is 0 Å². The van der Waals surface area contributed by atoms with Crippen LogP contribution in [-0.4, -0.2) is 34.8 Å². The monoisotopic (exact) mass is 363 g/mol. The van der Waals surface area contributed by atoms with Crippen molar-refractivity contribution >= 4 is 29.1 Å². The number of carbonyl (C=O) groups is 3. The number of fused-ring (bicyclic) bond motifs is 3. The van der Waals surface area contributed by atoms with Crippen molar-refractivity contribution in [2.24, 2.45) is 0 Å². The molecule has 0 saturated carbocycles. The van der Waals surface area contributed by atoms with E-state index >= 15 is 0 Å². The normalized spacial score (nSPS) is 21.1. The molecule has 1 atom stereocenters. The number of amides is 3. The standard InChI is InChI=1S/C21H21N3O3/c1-14-7-9-15(10-8-14)22-18(25)13-23-20(27)16-5-3-4-6-17(16)24-19(26)11-12-21(23,24)2/h3-10H,11-13H2,1-2H3,(H,22,25). The smallest absolute Gasteiger partial charge is 0.258 e. The Bertz CT molecular complexity index is 938. The average molecular weight is 363 g/mol. The van der Waals surface area contributed by atoms with Crippen LogP contribution in [-0.2, 0) is 9.59 Å². The van der Waals surface area contributed by atoms with Gasteiger partial charge in [-0.3, -0.25) is 19.3 Å². The first-order valence-electron chi connectivity index (χ1n) is 9.01. The number of anilines is 2. The molecule has 1 saturated heterocycles. The summed E-state index contributed by atoms with van der Waals surface area (Å²) in [5, 5.41) is 2.83. The fourth-order valence-electron chi connectivity index (χ4n) is 3.92. The Kier molecular flexibility index (Phi) is 3.98. The van der Waals surface area contributed by atoms with Gasteiger partial charge in [0.05, 0.1) is 11.3 Å². The molecule has 0 aliphatic carbocycles. The quantitative estimate of drug-likeness (QED) is 0.912. The Labute approximate surface area is 157 Å². The van der Waals surface area contributed by atoms with E-state index in [4.69, 9.17) is 0 Å². The lowest BCUT2D eigenvalue weighted by Gasteiger charge is -2.48. The molecule has 2 aromatic carbocycles. The molecule has 1 fully saturated rings. The van der Waals surface area contributed by atoms with Gasteiger partial charge in [-0.05, 0) is 44.5 Å². The Balaban J connectivity index is 1.64. The zero-order chi connectivity index (χ0) is 19.2. The van der Waals surface area contributed by atoms with Gasteiger partial charge in [0.15, 0.2) is 0 Å². The summed E-state index contributed by atoms with van der Waals surface area (Å²) in [6.45, 7) is 3.72. The summed E-state index contributed by atoms with van der Waals surface area (Å²) in [7, 11) is 0. The van der Waals surface area contributed by atoms with Crippen molar-refractivity contribution in [1.82, 2.24) is 4.90 Å². The Hall–Kier alpha value is -3.15. The lowest BCUT2D eigenvalue weighted by molar-refractivity contribution is -0.120. The summed E-state index contributed by atoms with van der Waals surface area (Å²) in [4.78, 5) is 41.5. The molecule has 6 nitrogen and oxygen atoms in total. The molecule has 0 spiro atoms. The highest BCUT2D eigenvalue weighted by Gasteiger charge is 2.53. The first-order chi connectivity index (χ1) is 12.9. The average Bonchev–Trinajstić information content (AvgIpc) is 2.96. The molecule has 0 radical (unpaired) electrons. The van der Waals surface area contributed by atoms with Crippen LogP contribution in [0.1, 0.15) is 35.7 Å². The second kappa shape index (κ2) is 6.23. The summed E-state index contributed by atoms with van der Waals surface area (Å²) in [6.07, 6.45) is 0.859. The summed E-state index contributed by atoms with van der Waals surface area (Å²) in [6, 6.07) is 14.6. The number of para-hydroxylation sites is 1. The maximum Gasteiger partial charge on any atom is 0.258 e. The largest absolute Gasteiger partial charge is 0.325 e. The van der Waals surface area contributed by atoms with E-state index in [9.17, 15) is 14.4 Å². The van der Waals surface area contributed by atoms with E-state index in [1.165, 1.54) is 4.90 Å². The molecule has 0 aromatic heterocycles. The number of hydrogen-bond acceptors (Lipinski definition) is 3. The Morgan fingerprint density at radius 1 is 1.11 bits per heavy atom. The van der Waals surface area contributed by atoms with E-state index in [2.05, 4.69) is 5.32 Å². The lowest BCUT2D eigenvalue weighted by atomic mass is 9.98. The second-order valence-electron chi connectivity index (χ2n) is 7.27. The minimum atomic E-state index is -0.826. The minimum absolute atomic E-state index is 0.0265.